The zero-order valence-corrected chi connectivity index (χ0v) is 12.2. The van der Waals surface area contributed by atoms with E-state index >= 15 is 0 Å². The van der Waals surface area contributed by atoms with Crippen molar-refractivity contribution in [1.29, 1.82) is 0 Å². The minimum absolute atomic E-state index is 0.0419. The molecule has 0 unspecified atom stereocenters. The first-order chi connectivity index (χ1) is 10.1. The second kappa shape index (κ2) is 7.19. The fraction of sp³-hybridized carbons (Fsp3) is 0.615. The van der Waals surface area contributed by atoms with E-state index in [9.17, 15) is 9.59 Å². The monoisotopic (exact) mass is 295 g/mol. The summed E-state index contributed by atoms with van der Waals surface area (Å²) in [5, 5.41) is 3.96. The van der Waals surface area contributed by atoms with Gasteiger partial charge in [0.1, 0.15) is 18.9 Å². The van der Waals surface area contributed by atoms with Crippen LogP contribution in [0.15, 0.2) is 17.1 Å². The Morgan fingerprint density at radius 3 is 2.71 bits per heavy atom. The molecule has 1 aromatic rings. The topological polar surface area (TPSA) is 93.7 Å². The molecule has 0 bridgehead atoms. The summed E-state index contributed by atoms with van der Waals surface area (Å²) in [4.78, 5) is 27.9. The summed E-state index contributed by atoms with van der Waals surface area (Å²) >= 11 is 0. The van der Waals surface area contributed by atoms with E-state index in [0.29, 0.717) is 32.0 Å². The first-order valence-electron chi connectivity index (χ1n) is 6.96. The van der Waals surface area contributed by atoms with Crippen molar-refractivity contribution in [2.75, 3.05) is 46.4 Å². The van der Waals surface area contributed by atoms with Crippen LogP contribution in [0.3, 0.4) is 0 Å². The number of likely N-dealkylation sites (N-methyl/N-ethyl adjacent to an activating group) is 1. The van der Waals surface area contributed by atoms with Crippen molar-refractivity contribution in [3.05, 3.63) is 22.6 Å². The lowest BCUT2D eigenvalue weighted by Gasteiger charge is -2.32. The molecule has 0 radical (unpaired) electrons. The fourth-order valence-electron chi connectivity index (χ4n) is 2.08. The molecule has 1 saturated heterocycles. The van der Waals surface area contributed by atoms with Gasteiger partial charge in [-0.25, -0.2) is 4.68 Å². The Balaban J connectivity index is 1.96. The molecule has 2 heterocycles. The highest BCUT2D eigenvalue weighted by molar-refractivity contribution is 5.76. The Bertz CT molecular complexity index is 537. The number of nitrogens with two attached hydrogens (primary N) is 1. The maximum Gasteiger partial charge on any atom is 0.270 e. The van der Waals surface area contributed by atoms with Gasteiger partial charge in [-0.3, -0.25) is 9.59 Å². The molecule has 1 aliphatic heterocycles. The number of piperazine rings is 1. The predicted molar refractivity (Wildman–Crippen MR) is 77.1 cm³/mol. The van der Waals surface area contributed by atoms with Crippen LogP contribution < -0.4 is 16.0 Å². The largest absolute Gasteiger partial charge is 0.490 e. The van der Waals surface area contributed by atoms with Crippen LogP contribution in [0.25, 0.3) is 0 Å². The van der Waals surface area contributed by atoms with E-state index in [1.54, 1.807) is 4.90 Å². The van der Waals surface area contributed by atoms with Crippen molar-refractivity contribution in [2.45, 2.75) is 6.54 Å². The van der Waals surface area contributed by atoms with Crippen molar-refractivity contribution in [1.82, 2.24) is 19.6 Å². The van der Waals surface area contributed by atoms with Gasteiger partial charge < -0.3 is 20.3 Å². The molecule has 116 valence electrons. The summed E-state index contributed by atoms with van der Waals surface area (Å²) in [6, 6.07) is 1.32. The highest BCUT2D eigenvalue weighted by atomic mass is 16.5. The number of hydrogen-bond donors (Lipinski definition) is 1. The number of carbonyl (C=O) groups excluding carboxylic acids is 1. The van der Waals surface area contributed by atoms with Crippen molar-refractivity contribution in [3.63, 3.8) is 0 Å². The van der Waals surface area contributed by atoms with E-state index < -0.39 is 0 Å². The van der Waals surface area contributed by atoms with E-state index in [2.05, 4.69) is 10.00 Å². The maximum atomic E-state index is 12.1. The van der Waals surface area contributed by atoms with Crippen molar-refractivity contribution in [3.8, 4) is 5.75 Å². The SMILES string of the molecule is CN1CCN(C(=O)Cn2ncc(OCCN)cc2=O)CC1. The Labute approximate surface area is 123 Å². The summed E-state index contributed by atoms with van der Waals surface area (Å²) in [7, 11) is 2.02. The van der Waals surface area contributed by atoms with E-state index in [1.807, 2.05) is 7.05 Å². The lowest BCUT2D eigenvalue weighted by molar-refractivity contribution is -0.133. The van der Waals surface area contributed by atoms with Gasteiger partial charge in [0.15, 0.2) is 0 Å². The molecule has 2 N–H and O–H groups in total. The van der Waals surface area contributed by atoms with Gasteiger partial charge in [0.25, 0.3) is 5.56 Å². The van der Waals surface area contributed by atoms with Gasteiger partial charge in [0.05, 0.1) is 6.20 Å². The van der Waals surface area contributed by atoms with Crippen LogP contribution in [0.2, 0.25) is 0 Å². The molecule has 8 nitrogen and oxygen atoms in total. The lowest BCUT2D eigenvalue weighted by Crippen LogP contribution is -2.48. The lowest BCUT2D eigenvalue weighted by atomic mass is 10.3. The first kappa shape index (κ1) is 15.5. The standard InChI is InChI=1S/C13H21N5O3/c1-16-3-5-17(6-4-16)13(20)10-18-12(19)8-11(9-15-18)21-7-2-14/h8-9H,2-7,10,14H2,1H3. The third-order valence-electron chi connectivity index (χ3n) is 3.37. The molecule has 21 heavy (non-hydrogen) atoms. The van der Waals surface area contributed by atoms with Crippen molar-refractivity contribution in [2.24, 2.45) is 5.73 Å². The molecule has 1 amide bonds. The number of hydrogen-bond acceptors (Lipinski definition) is 6. The van der Waals surface area contributed by atoms with Gasteiger partial charge in [-0.15, -0.1) is 0 Å². The molecule has 0 aliphatic carbocycles. The molecule has 1 aromatic heterocycles. The van der Waals surface area contributed by atoms with Gasteiger partial charge in [0, 0.05) is 38.8 Å². The van der Waals surface area contributed by atoms with Gasteiger partial charge >= 0.3 is 0 Å². The van der Waals surface area contributed by atoms with Crippen LogP contribution in [-0.2, 0) is 11.3 Å². The molecule has 8 heteroatoms. The van der Waals surface area contributed by atoms with Crippen LogP contribution >= 0.6 is 0 Å². The quantitative estimate of drug-likeness (QED) is 0.700. The number of nitrogens with zero attached hydrogens (tertiary/aromatic N) is 4. The zero-order valence-electron chi connectivity index (χ0n) is 12.2. The van der Waals surface area contributed by atoms with Crippen LogP contribution in [0, 0.1) is 0 Å². The smallest absolute Gasteiger partial charge is 0.270 e. The zero-order chi connectivity index (χ0) is 15.2. The van der Waals surface area contributed by atoms with Gasteiger partial charge in [-0.2, -0.15) is 5.10 Å². The van der Waals surface area contributed by atoms with E-state index in [4.69, 9.17) is 10.5 Å². The predicted octanol–water partition coefficient (Wildman–Crippen LogP) is -1.65. The number of amides is 1. The third kappa shape index (κ3) is 4.27. The molecular weight excluding hydrogens is 274 g/mol. The van der Waals surface area contributed by atoms with Crippen LogP contribution in [-0.4, -0.2) is 71.9 Å². The summed E-state index contributed by atoms with van der Waals surface area (Å²) in [6.07, 6.45) is 1.42. The Morgan fingerprint density at radius 1 is 1.38 bits per heavy atom. The van der Waals surface area contributed by atoms with Gasteiger partial charge in [0.2, 0.25) is 5.91 Å². The van der Waals surface area contributed by atoms with Crippen LogP contribution in [0.5, 0.6) is 5.75 Å². The number of aromatic nitrogens is 2. The highest BCUT2D eigenvalue weighted by Gasteiger charge is 2.19. The molecule has 1 aliphatic rings. The minimum Gasteiger partial charge on any atom is -0.490 e. The summed E-state index contributed by atoms with van der Waals surface area (Å²) < 4.78 is 6.37. The van der Waals surface area contributed by atoms with Gasteiger partial charge in [-0.1, -0.05) is 0 Å². The van der Waals surface area contributed by atoms with Crippen LogP contribution in [0.4, 0.5) is 0 Å². The van der Waals surface area contributed by atoms with Crippen molar-refractivity contribution >= 4 is 5.91 Å². The maximum absolute atomic E-state index is 12.1. The minimum atomic E-state index is -0.355. The van der Waals surface area contributed by atoms with Crippen molar-refractivity contribution < 1.29 is 9.53 Å². The average molecular weight is 295 g/mol. The summed E-state index contributed by atoms with van der Waals surface area (Å²) in [5.41, 5.74) is 4.97. The summed E-state index contributed by atoms with van der Waals surface area (Å²) in [5.74, 6) is 0.280. The second-order valence-electron chi connectivity index (χ2n) is 5.01. The molecule has 0 spiro atoms. The molecule has 0 aromatic carbocycles. The normalized spacial score (nSPS) is 16.0. The number of carbonyl (C=O) groups is 1. The van der Waals surface area contributed by atoms with E-state index in [-0.39, 0.29) is 18.0 Å². The number of ether oxygens (including phenoxy) is 1. The molecule has 0 atom stereocenters. The van der Waals surface area contributed by atoms with Crippen LogP contribution in [0.1, 0.15) is 0 Å². The van der Waals surface area contributed by atoms with Gasteiger partial charge in [-0.05, 0) is 7.05 Å². The highest BCUT2D eigenvalue weighted by Crippen LogP contribution is 2.04. The second-order valence-corrected chi connectivity index (χ2v) is 5.01. The third-order valence-corrected chi connectivity index (χ3v) is 3.37. The molecule has 2 rings (SSSR count). The Hall–Kier alpha value is -1.93. The Morgan fingerprint density at radius 2 is 2.10 bits per heavy atom. The van der Waals surface area contributed by atoms with E-state index in [0.717, 1.165) is 17.8 Å². The summed E-state index contributed by atoms with van der Waals surface area (Å²) in [6.45, 7) is 3.71. The molecular formula is C13H21N5O3. The molecule has 1 fully saturated rings. The molecule has 0 saturated carbocycles. The Kier molecular flexibility index (Phi) is 5.29. The first-order valence-corrected chi connectivity index (χ1v) is 6.96. The average Bonchev–Trinajstić information content (AvgIpc) is 2.48. The number of rotatable bonds is 5. The van der Waals surface area contributed by atoms with E-state index in [1.165, 1.54) is 12.3 Å². The fourth-order valence-corrected chi connectivity index (χ4v) is 2.08.